The third kappa shape index (κ3) is 5.24. The number of carbonyl (C=O) groups is 1. The molecule has 1 aromatic carbocycles. The fraction of sp³-hybridized carbons (Fsp3) is 0.533. The highest BCUT2D eigenvalue weighted by atomic mass is 16.5. The number of carbonyl (C=O) groups excluding carboxylic acids is 1. The van der Waals surface area contributed by atoms with Crippen molar-refractivity contribution in [3.8, 4) is 11.5 Å². The Labute approximate surface area is 125 Å². The minimum atomic E-state index is -0.699. The number of hydrogen-bond acceptors (Lipinski definition) is 5. The lowest BCUT2D eigenvalue weighted by Gasteiger charge is -2.19. The highest BCUT2D eigenvalue weighted by Crippen LogP contribution is 2.30. The summed E-state index contributed by atoms with van der Waals surface area (Å²) in [5.41, 5.74) is 0.604. The summed E-state index contributed by atoms with van der Waals surface area (Å²) in [5.74, 6) is 0.784. The Hall–Kier alpha value is -1.79. The second-order valence-corrected chi connectivity index (χ2v) is 4.62. The van der Waals surface area contributed by atoms with E-state index in [4.69, 9.17) is 14.2 Å². The number of ether oxygens (including phenoxy) is 3. The van der Waals surface area contributed by atoms with E-state index in [1.807, 2.05) is 0 Å². The topological polar surface area (TPSA) is 77.0 Å². The molecule has 0 spiro atoms. The first-order chi connectivity index (χ1) is 9.99. The normalized spacial score (nSPS) is 13.4. The molecule has 0 fully saturated rings. The Morgan fingerprint density at radius 1 is 1.33 bits per heavy atom. The van der Waals surface area contributed by atoms with Crippen LogP contribution in [0.5, 0.6) is 11.5 Å². The molecule has 21 heavy (non-hydrogen) atoms. The molecule has 0 bridgehead atoms. The molecule has 1 amide bonds. The Bertz CT molecular complexity index is 461. The number of aliphatic hydroxyl groups is 1. The van der Waals surface area contributed by atoms with E-state index in [1.165, 1.54) is 0 Å². The van der Waals surface area contributed by atoms with Gasteiger partial charge in [0, 0.05) is 25.3 Å². The zero-order chi connectivity index (χ0) is 15.8. The van der Waals surface area contributed by atoms with Crippen molar-refractivity contribution in [2.45, 2.75) is 26.1 Å². The zero-order valence-corrected chi connectivity index (χ0v) is 12.9. The average Bonchev–Trinajstić information content (AvgIpc) is 2.46. The molecule has 0 radical (unpaired) electrons. The van der Waals surface area contributed by atoms with Gasteiger partial charge in [-0.05, 0) is 26.0 Å². The third-order valence-corrected chi connectivity index (χ3v) is 2.95. The molecule has 2 N–H and O–H groups in total. The fourth-order valence-corrected chi connectivity index (χ4v) is 1.75. The van der Waals surface area contributed by atoms with Crippen LogP contribution in [0.2, 0.25) is 0 Å². The number of benzene rings is 1. The average molecular weight is 297 g/mol. The molecule has 118 valence electrons. The molecule has 1 aromatic rings. The van der Waals surface area contributed by atoms with Crippen molar-refractivity contribution in [3.05, 3.63) is 23.8 Å². The monoisotopic (exact) mass is 297 g/mol. The van der Waals surface area contributed by atoms with Crippen LogP contribution in [0.1, 0.15) is 25.5 Å². The van der Waals surface area contributed by atoms with Gasteiger partial charge in [0.2, 0.25) is 0 Å². The van der Waals surface area contributed by atoms with Crippen LogP contribution in [0.15, 0.2) is 18.2 Å². The number of aliphatic hydroxyl groups excluding tert-OH is 1. The van der Waals surface area contributed by atoms with Crippen LogP contribution in [-0.2, 0) is 9.53 Å². The summed E-state index contributed by atoms with van der Waals surface area (Å²) in [7, 11) is 3.11. The van der Waals surface area contributed by atoms with Crippen molar-refractivity contribution < 1.29 is 24.1 Å². The first kappa shape index (κ1) is 17.3. The van der Waals surface area contributed by atoms with Gasteiger partial charge in [0.15, 0.2) is 6.10 Å². The molecule has 0 saturated heterocycles. The molecule has 1 rings (SSSR count). The molecule has 1 unspecified atom stereocenters. The minimum absolute atomic E-state index is 0.244. The van der Waals surface area contributed by atoms with Crippen LogP contribution in [0.3, 0.4) is 0 Å². The second kappa shape index (κ2) is 8.49. The number of hydrogen-bond donors (Lipinski definition) is 2. The van der Waals surface area contributed by atoms with Gasteiger partial charge >= 0.3 is 0 Å². The molecule has 0 saturated carbocycles. The molecule has 0 aromatic heterocycles. The van der Waals surface area contributed by atoms with Gasteiger partial charge in [-0.25, -0.2) is 0 Å². The summed E-state index contributed by atoms with van der Waals surface area (Å²) in [6, 6.07) is 5.10. The van der Waals surface area contributed by atoms with E-state index in [2.05, 4.69) is 5.32 Å². The Morgan fingerprint density at radius 3 is 2.62 bits per heavy atom. The number of rotatable bonds is 8. The van der Waals surface area contributed by atoms with Crippen molar-refractivity contribution in [2.75, 3.05) is 27.4 Å². The van der Waals surface area contributed by atoms with Crippen molar-refractivity contribution in [1.82, 2.24) is 5.32 Å². The Morgan fingerprint density at radius 2 is 2.05 bits per heavy atom. The van der Waals surface area contributed by atoms with Crippen LogP contribution in [0, 0.1) is 0 Å². The van der Waals surface area contributed by atoms with E-state index < -0.39 is 12.2 Å². The molecule has 6 nitrogen and oxygen atoms in total. The largest absolute Gasteiger partial charge is 0.497 e. The van der Waals surface area contributed by atoms with E-state index in [1.54, 1.807) is 46.3 Å². The second-order valence-electron chi connectivity index (χ2n) is 4.62. The predicted molar refractivity (Wildman–Crippen MR) is 78.6 cm³/mol. The summed E-state index contributed by atoms with van der Waals surface area (Å²) < 4.78 is 15.6. The van der Waals surface area contributed by atoms with E-state index in [0.717, 1.165) is 0 Å². The van der Waals surface area contributed by atoms with Gasteiger partial charge in [-0.3, -0.25) is 4.79 Å². The van der Waals surface area contributed by atoms with Crippen molar-refractivity contribution >= 4 is 5.91 Å². The van der Waals surface area contributed by atoms with Crippen LogP contribution in [0.25, 0.3) is 0 Å². The Kier molecular flexibility index (Phi) is 6.98. The molecular weight excluding hydrogens is 274 g/mol. The fourth-order valence-electron chi connectivity index (χ4n) is 1.75. The summed E-state index contributed by atoms with van der Waals surface area (Å²) in [6.07, 6.45) is -1.39. The first-order valence-corrected chi connectivity index (χ1v) is 6.79. The Balaban J connectivity index is 2.77. The lowest BCUT2D eigenvalue weighted by atomic mass is 10.1. The lowest BCUT2D eigenvalue weighted by molar-refractivity contribution is -0.127. The van der Waals surface area contributed by atoms with Gasteiger partial charge in [-0.15, -0.1) is 0 Å². The SMILES string of the molecule is COCCNC(=O)C(C)Oc1cc(OC)ccc1[C@H](C)O. The summed E-state index contributed by atoms with van der Waals surface area (Å²) in [6.45, 7) is 4.15. The molecule has 2 atom stereocenters. The van der Waals surface area contributed by atoms with Gasteiger partial charge < -0.3 is 24.6 Å². The maximum Gasteiger partial charge on any atom is 0.260 e. The van der Waals surface area contributed by atoms with Crippen LogP contribution >= 0.6 is 0 Å². The van der Waals surface area contributed by atoms with E-state index >= 15 is 0 Å². The standard InChI is InChI=1S/C15H23NO5/c1-10(17)13-6-5-12(20-4)9-14(13)21-11(2)15(18)16-7-8-19-3/h5-6,9-11,17H,7-8H2,1-4H3,(H,16,18)/t10-,11?/m0/s1. The van der Waals surface area contributed by atoms with Gasteiger partial charge in [0.05, 0.1) is 19.8 Å². The highest BCUT2D eigenvalue weighted by Gasteiger charge is 2.18. The van der Waals surface area contributed by atoms with E-state index in [0.29, 0.717) is 30.2 Å². The third-order valence-electron chi connectivity index (χ3n) is 2.95. The first-order valence-electron chi connectivity index (χ1n) is 6.79. The van der Waals surface area contributed by atoms with Gasteiger partial charge in [0.1, 0.15) is 11.5 Å². The van der Waals surface area contributed by atoms with Crippen LogP contribution in [0.4, 0.5) is 0 Å². The molecule has 0 aliphatic carbocycles. The highest BCUT2D eigenvalue weighted by molar-refractivity contribution is 5.80. The molecular formula is C15H23NO5. The molecule has 0 heterocycles. The number of methoxy groups -OCH3 is 2. The minimum Gasteiger partial charge on any atom is -0.497 e. The smallest absolute Gasteiger partial charge is 0.260 e. The van der Waals surface area contributed by atoms with Crippen molar-refractivity contribution in [3.63, 3.8) is 0 Å². The number of amides is 1. The molecule has 0 aliphatic rings. The number of nitrogens with one attached hydrogen (secondary N) is 1. The van der Waals surface area contributed by atoms with Crippen LogP contribution in [-0.4, -0.2) is 44.5 Å². The van der Waals surface area contributed by atoms with Gasteiger partial charge in [-0.1, -0.05) is 0 Å². The summed E-state index contributed by atoms with van der Waals surface area (Å²) in [5, 5.41) is 12.5. The lowest BCUT2D eigenvalue weighted by Crippen LogP contribution is -2.38. The zero-order valence-electron chi connectivity index (χ0n) is 12.9. The maximum absolute atomic E-state index is 11.9. The summed E-state index contributed by atoms with van der Waals surface area (Å²) >= 11 is 0. The van der Waals surface area contributed by atoms with Gasteiger partial charge in [-0.2, -0.15) is 0 Å². The van der Waals surface area contributed by atoms with Crippen molar-refractivity contribution in [1.29, 1.82) is 0 Å². The summed E-state index contributed by atoms with van der Waals surface area (Å²) in [4.78, 5) is 11.9. The van der Waals surface area contributed by atoms with E-state index in [9.17, 15) is 9.90 Å². The predicted octanol–water partition coefficient (Wildman–Crippen LogP) is 1.28. The quantitative estimate of drug-likeness (QED) is 0.707. The molecule has 0 aliphatic heterocycles. The van der Waals surface area contributed by atoms with E-state index in [-0.39, 0.29) is 5.91 Å². The maximum atomic E-state index is 11.9. The van der Waals surface area contributed by atoms with Crippen molar-refractivity contribution in [2.24, 2.45) is 0 Å². The molecule has 6 heteroatoms. The van der Waals surface area contributed by atoms with Crippen LogP contribution < -0.4 is 14.8 Å². The van der Waals surface area contributed by atoms with Gasteiger partial charge in [0.25, 0.3) is 5.91 Å².